The molecule has 1 aliphatic rings. The molecule has 0 spiro atoms. The molecule has 7 heteroatoms. The smallest absolute Gasteiger partial charge is 0.227 e. The molecular formula is C21H22N4O3. The topological polar surface area (TPSA) is 92.3 Å². The minimum Gasteiger partial charge on any atom is -0.508 e. The van der Waals surface area contributed by atoms with Crippen molar-refractivity contribution in [2.24, 2.45) is 5.92 Å². The Morgan fingerprint density at radius 1 is 1.29 bits per heavy atom. The van der Waals surface area contributed by atoms with Crippen LogP contribution in [-0.4, -0.2) is 44.1 Å². The highest BCUT2D eigenvalue weighted by Gasteiger charge is 2.26. The number of carbonyl (C=O) groups is 1. The SMILES string of the molecule is O=C(CCc1nc(-c2cccnc2)no1)N1CCC(Cc2cccc(O)c2)C1. The van der Waals surface area contributed by atoms with Gasteiger partial charge in [-0.2, -0.15) is 4.98 Å². The van der Waals surface area contributed by atoms with E-state index in [0.29, 0.717) is 30.5 Å². The molecule has 1 aliphatic heterocycles. The van der Waals surface area contributed by atoms with Crippen LogP contribution in [0.4, 0.5) is 0 Å². The van der Waals surface area contributed by atoms with E-state index in [4.69, 9.17) is 4.52 Å². The van der Waals surface area contributed by atoms with E-state index in [1.54, 1.807) is 24.5 Å². The van der Waals surface area contributed by atoms with Gasteiger partial charge >= 0.3 is 0 Å². The second-order valence-electron chi connectivity index (χ2n) is 7.12. The van der Waals surface area contributed by atoms with Crippen molar-refractivity contribution in [1.29, 1.82) is 0 Å². The van der Waals surface area contributed by atoms with Crippen molar-refractivity contribution < 1.29 is 14.4 Å². The van der Waals surface area contributed by atoms with E-state index in [0.717, 1.165) is 37.1 Å². The highest BCUT2D eigenvalue weighted by atomic mass is 16.5. The first-order valence-corrected chi connectivity index (χ1v) is 9.46. The van der Waals surface area contributed by atoms with Crippen LogP contribution >= 0.6 is 0 Å². The van der Waals surface area contributed by atoms with Gasteiger partial charge in [0, 0.05) is 43.9 Å². The van der Waals surface area contributed by atoms with Crippen molar-refractivity contribution in [2.75, 3.05) is 13.1 Å². The standard InChI is InChI=1S/C21H22N4O3/c26-18-5-1-3-15(12-18)11-16-8-10-25(14-16)20(27)7-6-19-23-21(24-28-19)17-4-2-9-22-13-17/h1-5,9,12-13,16,26H,6-8,10-11,14H2. The van der Waals surface area contributed by atoms with Crippen molar-refractivity contribution >= 4 is 5.91 Å². The summed E-state index contributed by atoms with van der Waals surface area (Å²) in [5.41, 5.74) is 1.89. The Hall–Kier alpha value is -3.22. The lowest BCUT2D eigenvalue weighted by atomic mass is 9.98. The average molecular weight is 378 g/mol. The lowest BCUT2D eigenvalue weighted by Crippen LogP contribution is -2.29. The molecule has 3 aromatic rings. The summed E-state index contributed by atoms with van der Waals surface area (Å²) in [6, 6.07) is 11.0. The van der Waals surface area contributed by atoms with Crippen molar-refractivity contribution in [3.63, 3.8) is 0 Å². The maximum absolute atomic E-state index is 12.5. The Bertz CT molecular complexity index is 942. The third-order valence-electron chi connectivity index (χ3n) is 5.01. The molecule has 0 saturated carbocycles. The zero-order valence-corrected chi connectivity index (χ0v) is 15.5. The summed E-state index contributed by atoms with van der Waals surface area (Å²) in [6.45, 7) is 1.52. The fourth-order valence-electron chi connectivity index (χ4n) is 3.58. The summed E-state index contributed by atoms with van der Waals surface area (Å²) in [5.74, 6) is 1.77. The minimum atomic E-state index is 0.111. The summed E-state index contributed by atoms with van der Waals surface area (Å²) in [4.78, 5) is 22.8. The lowest BCUT2D eigenvalue weighted by molar-refractivity contribution is -0.130. The molecule has 1 N–H and O–H groups in total. The maximum atomic E-state index is 12.5. The van der Waals surface area contributed by atoms with Crippen LogP contribution in [-0.2, 0) is 17.6 Å². The normalized spacial score (nSPS) is 16.4. The molecule has 4 rings (SSSR count). The lowest BCUT2D eigenvalue weighted by Gasteiger charge is -2.16. The molecule has 2 aromatic heterocycles. The van der Waals surface area contributed by atoms with E-state index in [1.807, 2.05) is 29.2 Å². The number of phenolic OH excluding ortho intramolecular Hbond substituents is 1. The molecule has 1 atom stereocenters. The van der Waals surface area contributed by atoms with E-state index in [9.17, 15) is 9.90 Å². The number of aryl methyl sites for hydroxylation is 1. The quantitative estimate of drug-likeness (QED) is 0.709. The van der Waals surface area contributed by atoms with E-state index in [2.05, 4.69) is 15.1 Å². The molecule has 1 unspecified atom stereocenters. The number of rotatable bonds is 6. The molecule has 0 radical (unpaired) electrons. The van der Waals surface area contributed by atoms with Crippen LogP contribution in [0.3, 0.4) is 0 Å². The number of hydrogen-bond donors (Lipinski definition) is 1. The third-order valence-corrected chi connectivity index (χ3v) is 5.01. The largest absolute Gasteiger partial charge is 0.508 e. The number of nitrogens with zero attached hydrogens (tertiary/aromatic N) is 4. The third kappa shape index (κ3) is 4.36. The van der Waals surface area contributed by atoms with Gasteiger partial charge in [0.1, 0.15) is 5.75 Å². The second kappa shape index (κ2) is 8.21. The zero-order valence-electron chi connectivity index (χ0n) is 15.5. The number of aromatic nitrogens is 3. The molecular weight excluding hydrogens is 356 g/mol. The van der Waals surface area contributed by atoms with E-state index in [1.165, 1.54) is 0 Å². The predicted octanol–water partition coefficient (Wildman–Crippen LogP) is 2.86. The van der Waals surface area contributed by atoms with Crippen LogP contribution in [0.2, 0.25) is 0 Å². The van der Waals surface area contributed by atoms with E-state index < -0.39 is 0 Å². The number of amides is 1. The first-order chi connectivity index (χ1) is 13.7. The van der Waals surface area contributed by atoms with E-state index in [-0.39, 0.29) is 11.7 Å². The van der Waals surface area contributed by atoms with Gasteiger partial charge in [-0.25, -0.2) is 0 Å². The number of carbonyl (C=O) groups excluding carboxylic acids is 1. The summed E-state index contributed by atoms with van der Waals surface area (Å²) < 4.78 is 5.26. The molecule has 3 heterocycles. The fourth-order valence-corrected chi connectivity index (χ4v) is 3.58. The summed E-state index contributed by atoms with van der Waals surface area (Å²) >= 11 is 0. The van der Waals surface area contributed by atoms with Crippen molar-refractivity contribution in [3.8, 4) is 17.1 Å². The zero-order chi connectivity index (χ0) is 19.3. The highest BCUT2D eigenvalue weighted by molar-refractivity contribution is 5.76. The Morgan fingerprint density at radius 3 is 3.04 bits per heavy atom. The van der Waals surface area contributed by atoms with Crippen LogP contribution < -0.4 is 0 Å². The van der Waals surface area contributed by atoms with Gasteiger partial charge in [0.15, 0.2) is 0 Å². The van der Waals surface area contributed by atoms with Gasteiger partial charge in [-0.3, -0.25) is 9.78 Å². The van der Waals surface area contributed by atoms with Crippen LogP contribution in [0.1, 0.15) is 24.3 Å². The molecule has 144 valence electrons. The van der Waals surface area contributed by atoms with Crippen LogP contribution in [0, 0.1) is 5.92 Å². The van der Waals surface area contributed by atoms with Crippen LogP contribution in [0.5, 0.6) is 5.75 Å². The first kappa shape index (κ1) is 18.2. The molecule has 7 nitrogen and oxygen atoms in total. The second-order valence-corrected chi connectivity index (χ2v) is 7.12. The molecule has 1 fully saturated rings. The first-order valence-electron chi connectivity index (χ1n) is 9.46. The summed E-state index contributed by atoms with van der Waals surface area (Å²) in [7, 11) is 0. The van der Waals surface area contributed by atoms with Gasteiger partial charge in [0.05, 0.1) is 0 Å². The molecule has 1 aromatic carbocycles. The van der Waals surface area contributed by atoms with Crippen molar-refractivity contribution in [2.45, 2.75) is 25.7 Å². The predicted molar refractivity (Wildman–Crippen MR) is 102 cm³/mol. The van der Waals surface area contributed by atoms with Crippen LogP contribution in [0.25, 0.3) is 11.4 Å². The van der Waals surface area contributed by atoms with Crippen molar-refractivity contribution in [3.05, 3.63) is 60.2 Å². The number of hydrogen-bond acceptors (Lipinski definition) is 6. The summed E-state index contributed by atoms with van der Waals surface area (Å²) in [5, 5.41) is 13.5. The van der Waals surface area contributed by atoms with Gasteiger partial charge in [-0.15, -0.1) is 0 Å². The van der Waals surface area contributed by atoms with Gasteiger partial charge in [0.2, 0.25) is 17.6 Å². The van der Waals surface area contributed by atoms with Crippen molar-refractivity contribution in [1.82, 2.24) is 20.0 Å². The monoisotopic (exact) mass is 378 g/mol. The Balaban J connectivity index is 1.27. The Labute approximate surface area is 163 Å². The number of benzene rings is 1. The molecule has 1 amide bonds. The molecule has 0 aliphatic carbocycles. The Morgan fingerprint density at radius 2 is 2.21 bits per heavy atom. The molecule has 28 heavy (non-hydrogen) atoms. The van der Waals surface area contributed by atoms with Gasteiger partial charge in [-0.1, -0.05) is 17.3 Å². The van der Waals surface area contributed by atoms with Gasteiger partial charge < -0.3 is 14.5 Å². The maximum Gasteiger partial charge on any atom is 0.227 e. The van der Waals surface area contributed by atoms with Gasteiger partial charge in [0.25, 0.3) is 0 Å². The number of phenols is 1. The number of aromatic hydroxyl groups is 1. The number of pyridine rings is 1. The molecule has 1 saturated heterocycles. The van der Waals surface area contributed by atoms with Crippen LogP contribution in [0.15, 0.2) is 53.3 Å². The van der Waals surface area contributed by atoms with E-state index >= 15 is 0 Å². The minimum absolute atomic E-state index is 0.111. The summed E-state index contributed by atoms with van der Waals surface area (Å²) in [6.07, 6.45) is 6.00. The number of likely N-dealkylation sites (tertiary alicyclic amines) is 1. The fraction of sp³-hybridized carbons (Fsp3) is 0.333. The van der Waals surface area contributed by atoms with Gasteiger partial charge in [-0.05, 0) is 48.6 Å². The molecule has 0 bridgehead atoms. The Kier molecular flexibility index (Phi) is 5.32. The highest BCUT2D eigenvalue weighted by Crippen LogP contribution is 2.23. The average Bonchev–Trinajstić information content (AvgIpc) is 3.37.